The van der Waals surface area contributed by atoms with Gasteiger partial charge in [0.25, 0.3) is 0 Å². The van der Waals surface area contributed by atoms with Gasteiger partial charge in [-0.25, -0.2) is 4.79 Å². The third-order valence-corrected chi connectivity index (χ3v) is 2.60. The topological polar surface area (TPSA) is 59.6 Å². The van der Waals surface area contributed by atoms with Gasteiger partial charge in [-0.2, -0.15) is 0 Å². The Bertz CT molecular complexity index is 383. The minimum Gasteiger partial charge on any atom is -0.493 e. The standard InChI is InChI=1S/C14H22N2O3/c1-3-4-7-10-15-14(17)16-11-19-13-9-6-5-8-12(13)18-2/h5-6,8-9H,3-4,7,10-11H2,1-2H3,(H2,15,16,17). The van der Waals surface area contributed by atoms with Crippen LogP contribution in [0.5, 0.6) is 11.5 Å². The van der Waals surface area contributed by atoms with Crippen LogP contribution in [0.25, 0.3) is 0 Å². The highest BCUT2D eigenvalue weighted by atomic mass is 16.5. The minimum atomic E-state index is -0.217. The van der Waals surface area contributed by atoms with Gasteiger partial charge in [0, 0.05) is 6.54 Å². The van der Waals surface area contributed by atoms with Crippen LogP contribution >= 0.6 is 0 Å². The second-order valence-corrected chi connectivity index (χ2v) is 4.08. The summed E-state index contributed by atoms with van der Waals surface area (Å²) >= 11 is 0. The van der Waals surface area contributed by atoms with E-state index in [1.54, 1.807) is 19.2 Å². The molecule has 0 saturated carbocycles. The molecule has 0 fully saturated rings. The van der Waals surface area contributed by atoms with Gasteiger partial charge in [-0.15, -0.1) is 0 Å². The molecule has 0 aliphatic rings. The van der Waals surface area contributed by atoms with Gasteiger partial charge in [-0.1, -0.05) is 31.9 Å². The van der Waals surface area contributed by atoms with Gasteiger partial charge in [0.05, 0.1) is 7.11 Å². The van der Waals surface area contributed by atoms with Gasteiger partial charge in [-0.3, -0.25) is 0 Å². The van der Waals surface area contributed by atoms with Crippen LogP contribution in [0.2, 0.25) is 0 Å². The van der Waals surface area contributed by atoms with E-state index in [2.05, 4.69) is 17.6 Å². The number of para-hydroxylation sites is 2. The summed E-state index contributed by atoms with van der Waals surface area (Å²) in [6, 6.07) is 7.09. The Morgan fingerprint density at radius 2 is 1.89 bits per heavy atom. The van der Waals surface area contributed by atoms with Crippen molar-refractivity contribution in [1.82, 2.24) is 10.6 Å². The summed E-state index contributed by atoms with van der Waals surface area (Å²) < 4.78 is 10.6. The average Bonchev–Trinajstić information content (AvgIpc) is 2.44. The lowest BCUT2D eigenvalue weighted by atomic mass is 10.2. The predicted octanol–water partition coefficient (Wildman–Crippen LogP) is 2.52. The van der Waals surface area contributed by atoms with E-state index < -0.39 is 0 Å². The molecule has 5 heteroatoms. The molecule has 106 valence electrons. The van der Waals surface area contributed by atoms with Crippen LogP contribution in [-0.2, 0) is 0 Å². The van der Waals surface area contributed by atoms with Crippen LogP contribution in [0.15, 0.2) is 24.3 Å². The maximum atomic E-state index is 11.4. The number of methoxy groups -OCH3 is 1. The fraction of sp³-hybridized carbons (Fsp3) is 0.500. The first-order valence-corrected chi connectivity index (χ1v) is 6.55. The van der Waals surface area contributed by atoms with Gasteiger partial charge >= 0.3 is 6.03 Å². The highest BCUT2D eigenvalue weighted by molar-refractivity contribution is 5.73. The number of nitrogens with one attached hydrogen (secondary N) is 2. The van der Waals surface area contributed by atoms with E-state index in [1.165, 1.54) is 0 Å². The SMILES string of the molecule is CCCCCNC(=O)NCOc1ccccc1OC. The largest absolute Gasteiger partial charge is 0.493 e. The van der Waals surface area contributed by atoms with Crippen molar-refractivity contribution in [2.24, 2.45) is 0 Å². The number of ether oxygens (including phenoxy) is 2. The van der Waals surface area contributed by atoms with Crippen LogP contribution < -0.4 is 20.1 Å². The lowest BCUT2D eigenvalue weighted by molar-refractivity contribution is 0.221. The molecule has 0 unspecified atom stereocenters. The number of carbonyl (C=O) groups excluding carboxylic acids is 1. The Morgan fingerprint density at radius 3 is 2.58 bits per heavy atom. The summed E-state index contributed by atoms with van der Waals surface area (Å²) in [4.78, 5) is 11.4. The summed E-state index contributed by atoms with van der Waals surface area (Å²) in [5.41, 5.74) is 0. The zero-order valence-corrected chi connectivity index (χ0v) is 11.6. The lowest BCUT2D eigenvalue weighted by Gasteiger charge is -2.11. The number of hydrogen-bond acceptors (Lipinski definition) is 3. The van der Waals surface area contributed by atoms with Crippen LogP contribution in [0, 0.1) is 0 Å². The Kier molecular flexibility index (Phi) is 7.24. The molecule has 2 N–H and O–H groups in total. The number of unbranched alkanes of at least 4 members (excludes halogenated alkanes) is 2. The number of amides is 2. The predicted molar refractivity (Wildman–Crippen MR) is 74.5 cm³/mol. The lowest BCUT2D eigenvalue weighted by Crippen LogP contribution is -2.38. The summed E-state index contributed by atoms with van der Waals surface area (Å²) in [6.07, 6.45) is 3.26. The number of benzene rings is 1. The van der Waals surface area contributed by atoms with Crippen molar-refractivity contribution in [1.29, 1.82) is 0 Å². The molecule has 0 atom stereocenters. The maximum Gasteiger partial charge on any atom is 0.317 e. The Balaban J connectivity index is 2.20. The van der Waals surface area contributed by atoms with Crippen LogP contribution in [-0.4, -0.2) is 26.4 Å². The first-order valence-electron chi connectivity index (χ1n) is 6.55. The van der Waals surface area contributed by atoms with Crippen LogP contribution in [0.4, 0.5) is 4.79 Å². The van der Waals surface area contributed by atoms with Gasteiger partial charge in [-0.05, 0) is 18.6 Å². The third kappa shape index (κ3) is 5.99. The number of carbonyl (C=O) groups is 1. The molecular formula is C14H22N2O3. The minimum absolute atomic E-state index is 0.111. The van der Waals surface area contributed by atoms with E-state index in [0.29, 0.717) is 18.0 Å². The molecule has 0 spiro atoms. The third-order valence-electron chi connectivity index (χ3n) is 2.60. The summed E-state index contributed by atoms with van der Waals surface area (Å²) in [6.45, 7) is 2.93. The molecule has 0 aliphatic carbocycles. The summed E-state index contributed by atoms with van der Waals surface area (Å²) in [7, 11) is 1.58. The number of hydrogen-bond donors (Lipinski definition) is 2. The molecule has 0 saturated heterocycles. The van der Waals surface area contributed by atoms with Crippen molar-refractivity contribution >= 4 is 6.03 Å². The monoisotopic (exact) mass is 266 g/mol. The molecule has 19 heavy (non-hydrogen) atoms. The summed E-state index contributed by atoms with van der Waals surface area (Å²) in [5.74, 6) is 1.25. The quantitative estimate of drug-likeness (QED) is 0.561. The van der Waals surface area contributed by atoms with Crippen molar-refractivity contribution in [3.05, 3.63) is 24.3 Å². The molecule has 1 aromatic rings. The first kappa shape index (κ1) is 15.1. The van der Waals surface area contributed by atoms with Crippen LogP contribution in [0.3, 0.4) is 0 Å². The van der Waals surface area contributed by atoms with E-state index >= 15 is 0 Å². The molecule has 2 amide bonds. The fourth-order valence-corrected chi connectivity index (χ4v) is 1.56. The molecule has 0 aliphatic heterocycles. The van der Waals surface area contributed by atoms with Crippen molar-refractivity contribution in [2.75, 3.05) is 20.4 Å². The van der Waals surface area contributed by atoms with E-state index in [0.717, 1.165) is 19.3 Å². The zero-order valence-electron chi connectivity index (χ0n) is 11.6. The second kappa shape index (κ2) is 9.08. The molecule has 5 nitrogen and oxygen atoms in total. The molecular weight excluding hydrogens is 244 g/mol. The fourth-order valence-electron chi connectivity index (χ4n) is 1.56. The highest BCUT2D eigenvalue weighted by Crippen LogP contribution is 2.25. The van der Waals surface area contributed by atoms with E-state index in [4.69, 9.17) is 9.47 Å². The van der Waals surface area contributed by atoms with Gasteiger partial charge in [0.15, 0.2) is 18.2 Å². The van der Waals surface area contributed by atoms with Gasteiger partial charge in [0.2, 0.25) is 0 Å². The molecule has 1 rings (SSSR count). The van der Waals surface area contributed by atoms with Gasteiger partial charge < -0.3 is 20.1 Å². The zero-order chi connectivity index (χ0) is 13.9. The first-order chi connectivity index (χ1) is 9.27. The Labute approximate surface area is 114 Å². The molecule has 0 aromatic heterocycles. The average molecular weight is 266 g/mol. The van der Waals surface area contributed by atoms with Crippen molar-refractivity contribution in [3.63, 3.8) is 0 Å². The normalized spacial score (nSPS) is 9.79. The Hall–Kier alpha value is -1.91. The second-order valence-electron chi connectivity index (χ2n) is 4.08. The summed E-state index contributed by atoms with van der Waals surface area (Å²) in [5, 5.41) is 5.40. The smallest absolute Gasteiger partial charge is 0.317 e. The molecule has 1 aromatic carbocycles. The van der Waals surface area contributed by atoms with E-state index in [9.17, 15) is 4.79 Å². The van der Waals surface area contributed by atoms with Crippen molar-refractivity contribution < 1.29 is 14.3 Å². The molecule has 0 heterocycles. The highest BCUT2D eigenvalue weighted by Gasteiger charge is 2.03. The van der Waals surface area contributed by atoms with E-state index in [1.807, 2.05) is 12.1 Å². The van der Waals surface area contributed by atoms with Gasteiger partial charge in [0.1, 0.15) is 0 Å². The van der Waals surface area contributed by atoms with E-state index in [-0.39, 0.29) is 12.8 Å². The van der Waals surface area contributed by atoms with Crippen LogP contribution in [0.1, 0.15) is 26.2 Å². The molecule has 0 bridgehead atoms. The Morgan fingerprint density at radius 1 is 1.16 bits per heavy atom. The number of rotatable bonds is 8. The van der Waals surface area contributed by atoms with Crippen molar-refractivity contribution in [3.8, 4) is 11.5 Å². The molecule has 0 radical (unpaired) electrons. The number of urea groups is 1. The van der Waals surface area contributed by atoms with Crippen molar-refractivity contribution in [2.45, 2.75) is 26.2 Å². The maximum absolute atomic E-state index is 11.4.